The maximum absolute atomic E-state index is 12.1. The van der Waals surface area contributed by atoms with E-state index in [0.717, 1.165) is 28.8 Å². The quantitative estimate of drug-likeness (QED) is 0.292. The van der Waals surface area contributed by atoms with E-state index in [2.05, 4.69) is 9.17 Å². The van der Waals surface area contributed by atoms with Crippen LogP contribution >= 0.6 is 0 Å². The van der Waals surface area contributed by atoms with Crippen molar-refractivity contribution in [1.82, 2.24) is 14.3 Å². The van der Waals surface area contributed by atoms with Gasteiger partial charge in [-0.05, 0) is 30.3 Å². The normalized spacial score (nSPS) is 23.1. The molecule has 3 rings (SSSR count). The van der Waals surface area contributed by atoms with Crippen molar-refractivity contribution < 1.29 is 42.2 Å². The molecule has 1 aliphatic heterocycles. The van der Waals surface area contributed by atoms with Gasteiger partial charge in [-0.15, -0.1) is 0 Å². The highest BCUT2D eigenvalue weighted by atomic mass is 32.2. The molecule has 0 saturated carbocycles. The number of carboxylic acid groups (broad SMARTS) is 1. The zero-order valence-corrected chi connectivity index (χ0v) is 16.9. The van der Waals surface area contributed by atoms with Gasteiger partial charge in [0.1, 0.15) is 24.1 Å². The molecule has 0 bridgehead atoms. The fourth-order valence-corrected chi connectivity index (χ4v) is 3.56. The van der Waals surface area contributed by atoms with Gasteiger partial charge in [-0.25, -0.2) is 14.3 Å². The average molecular weight is 470 g/mol. The van der Waals surface area contributed by atoms with Crippen LogP contribution in [-0.4, -0.2) is 70.1 Å². The summed E-state index contributed by atoms with van der Waals surface area (Å²) < 4.78 is 36.6. The highest BCUT2D eigenvalue weighted by molar-refractivity contribution is 7.85. The van der Waals surface area contributed by atoms with E-state index in [0.29, 0.717) is 0 Å². The third kappa shape index (κ3) is 5.09. The maximum atomic E-state index is 12.1. The Hall–Kier alpha value is -3.37. The standard InChI is InChI=1S/C17H18N4O10S/c18-11-5-6-21(17(27)19-11)15-13(23)12(22)10(31-15)7-30-32(28,29)20-14(24)8-1-3-9(4-2-8)16(25)26/h1-6,10,12-13,15,22-23H,7H2,(H,20,24)(H,25,26)(H2,18,19,27)/t10-,12-,13-,15-/m1/s1. The molecular weight excluding hydrogens is 452 g/mol. The van der Waals surface area contributed by atoms with Crippen molar-refractivity contribution in [2.45, 2.75) is 24.5 Å². The average Bonchev–Trinajstić information content (AvgIpc) is 3.00. The molecule has 1 aliphatic rings. The zero-order chi connectivity index (χ0) is 23.6. The van der Waals surface area contributed by atoms with Crippen LogP contribution in [0.25, 0.3) is 0 Å². The molecular formula is C17H18N4O10S. The molecule has 172 valence electrons. The van der Waals surface area contributed by atoms with Gasteiger partial charge in [0.05, 0.1) is 12.2 Å². The van der Waals surface area contributed by atoms with E-state index < -0.39 is 59.0 Å². The number of nitrogen functional groups attached to an aromatic ring is 1. The largest absolute Gasteiger partial charge is 0.478 e. The first-order valence-corrected chi connectivity index (χ1v) is 10.3. The second kappa shape index (κ2) is 9.01. The predicted octanol–water partition coefficient (Wildman–Crippen LogP) is -2.17. The smallest absolute Gasteiger partial charge is 0.362 e. The molecule has 2 heterocycles. The van der Waals surface area contributed by atoms with Gasteiger partial charge in [-0.3, -0.25) is 13.5 Å². The van der Waals surface area contributed by atoms with Gasteiger partial charge in [0.2, 0.25) is 0 Å². The van der Waals surface area contributed by atoms with Crippen molar-refractivity contribution in [2.75, 3.05) is 12.3 Å². The van der Waals surface area contributed by atoms with Crippen molar-refractivity contribution in [2.24, 2.45) is 0 Å². The Kier molecular flexibility index (Phi) is 6.56. The number of carbonyl (C=O) groups is 2. The minimum atomic E-state index is -4.67. The summed E-state index contributed by atoms with van der Waals surface area (Å²) in [6, 6.07) is 5.71. The lowest BCUT2D eigenvalue weighted by molar-refractivity contribution is -0.0509. The number of amides is 1. The number of nitrogens with two attached hydrogens (primary N) is 1. The second-order valence-corrected chi connectivity index (χ2v) is 7.99. The summed E-state index contributed by atoms with van der Waals surface area (Å²) in [7, 11) is -4.67. The van der Waals surface area contributed by atoms with Crippen molar-refractivity contribution in [3.8, 4) is 0 Å². The Morgan fingerprint density at radius 1 is 1.16 bits per heavy atom. The van der Waals surface area contributed by atoms with E-state index in [1.807, 2.05) is 0 Å². The summed E-state index contributed by atoms with van der Waals surface area (Å²) in [5.74, 6) is -2.38. The molecule has 0 unspecified atom stereocenters. The number of benzene rings is 1. The van der Waals surface area contributed by atoms with Gasteiger partial charge in [0, 0.05) is 11.8 Å². The lowest BCUT2D eigenvalue weighted by Crippen LogP contribution is -2.38. The SMILES string of the molecule is Nc1ccn([C@@H]2O[C@H](COS(=O)(=O)NC(=O)c3ccc(C(=O)O)cc3)[C@@H](O)[C@H]2O)c(=O)n1. The van der Waals surface area contributed by atoms with Crippen LogP contribution in [0.3, 0.4) is 0 Å². The van der Waals surface area contributed by atoms with E-state index in [1.54, 1.807) is 4.72 Å². The van der Waals surface area contributed by atoms with Crippen LogP contribution in [-0.2, 0) is 19.2 Å². The highest BCUT2D eigenvalue weighted by Crippen LogP contribution is 2.28. The van der Waals surface area contributed by atoms with Crippen LogP contribution in [0.5, 0.6) is 0 Å². The molecule has 15 heteroatoms. The van der Waals surface area contributed by atoms with Crippen LogP contribution in [0.1, 0.15) is 26.9 Å². The first-order valence-electron chi connectivity index (χ1n) is 8.89. The van der Waals surface area contributed by atoms with Crippen LogP contribution < -0.4 is 16.1 Å². The van der Waals surface area contributed by atoms with E-state index in [4.69, 9.17) is 15.6 Å². The Labute approximate surface area is 180 Å². The number of carboxylic acids is 1. The minimum absolute atomic E-state index is 0.0707. The Bertz CT molecular complexity index is 1180. The summed E-state index contributed by atoms with van der Waals surface area (Å²) >= 11 is 0. The summed E-state index contributed by atoms with van der Waals surface area (Å²) in [4.78, 5) is 38.3. The predicted molar refractivity (Wildman–Crippen MR) is 105 cm³/mol. The molecule has 0 aliphatic carbocycles. The van der Waals surface area contributed by atoms with Crippen LogP contribution in [0.15, 0.2) is 41.3 Å². The number of ether oxygens (including phenoxy) is 1. The van der Waals surface area contributed by atoms with Crippen molar-refractivity contribution in [1.29, 1.82) is 0 Å². The molecule has 1 aromatic carbocycles. The number of nitrogens with one attached hydrogen (secondary N) is 1. The Morgan fingerprint density at radius 3 is 2.38 bits per heavy atom. The number of nitrogens with zero attached hydrogens (tertiary/aromatic N) is 2. The molecule has 14 nitrogen and oxygen atoms in total. The number of hydrogen-bond acceptors (Lipinski definition) is 11. The van der Waals surface area contributed by atoms with Gasteiger partial charge >= 0.3 is 22.0 Å². The van der Waals surface area contributed by atoms with E-state index in [9.17, 15) is 33.0 Å². The number of carbonyl (C=O) groups excluding carboxylic acids is 1. The van der Waals surface area contributed by atoms with Gasteiger partial charge in [0.25, 0.3) is 5.91 Å². The summed E-state index contributed by atoms with van der Waals surface area (Å²) in [5, 5.41) is 29.1. The maximum Gasteiger partial charge on any atom is 0.362 e. The fourth-order valence-electron chi connectivity index (χ4n) is 2.84. The number of rotatable bonds is 7. The number of aliphatic hydroxyl groups is 2. The molecule has 0 spiro atoms. The van der Waals surface area contributed by atoms with E-state index in [1.165, 1.54) is 12.3 Å². The molecule has 32 heavy (non-hydrogen) atoms. The van der Waals surface area contributed by atoms with E-state index in [-0.39, 0.29) is 16.9 Å². The monoisotopic (exact) mass is 470 g/mol. The number of aromatic carboxylic acids is 1. The van der Waals surface area contributed by atoms with Crippen LogP contribution in [0.4, 0.5) is 5.82 Å². The van der Waals surface area contributed by atoms with Crippen molar-refractivity contribution in [3.05, 3.63) is 58.1 Å². The Morgan fingerprint density at radius 2 is 1.78 bits per heavy atom. The number of aliphatic hydroxyl groups excluding tert-OH is 2. The lowest BCUT2D eigenvalue weighted by Gasteiger charge is -2.16. The molecule has 1 fully saturated rings. The fraction of sp³-hybridized carbons (Fsp3) is 0.294. The molecule has 6 N–H and O–H groups in total. The van der Waals surface area contributed by atoms with E-state index >= 15 is 0 Å². The zero-order valence-electron chi connectivity index (χ0n) is 16.1. The molecule has 0 radical (unpaired) electrons. The molecule has 1 amide bonds. The minimum Gasteiger partial charge on any atom is -0.478 e. The first-order chi connectivity index (χ1) is 15.0. The van der Waals surface area contributed by atoms with Crippen LogP contribution in [0.2, 0.25) is 0 Å². The summed E-state index contributed by atoms with van der Waals surface area (Å²) in [5.41, 5.74) is 4.28. The number of anilines is 1. The topological polar surface area (TPSA) is 220 Å². The number of aromatic nitrogens is 2. The lowest BCUT2D eigenvalue weighted by atomic mass is 10.1. The highest BCUT2D eigenvalue weighted by Gasteiger charge is 2.44. The van der Waals surface area contributed by atoms with Gasteiger partial charge < -0.3 is 25.8 Å². The molecule has 2 aromatic rings. The molecule has 4 atom stereocenters. The third-order valence-electron chi connectivity index (χ3n) is 4.46. The summed E-state index contributed by atoms with van der Waals surface area (Å²) in [6.45, 7) is -0.799. The van der Waals surface area contributed by atoms with Gasteiger partial charge in [-0.2, -0.15) is 13.4 Å². The van der Waals surface area contributed by atoms with Gasteiger partial charge in [0.15, 0.2) is 6.23 Å². The number of hydrogen-bond donors (Lipinski definition) is 5. The second-order valence-electron chi connectivity index (χ2n) is 6.64. The summed E-state index contributed by atoms with van der Waals surface area (Å²) in [6.07, 6.45) is -4.82. The van der Waals surface area contributed by atoms with Gasteiger partial charge in [-0.1, -0.05) is 0 Å². The first kappa shape index (κ1) is 23.3. The third-order valence-corrected chi connectivity index (χ3v) is 5.34. The van der Waals surface area contributed by atoms with Crippen molar-refractivity contribution >= 4 is 28.0 Å². The molecule has 1 saturated heterocycles. The Balaban J connectivity index is 1.63. The molecule has 1 aromatic heterocycles. The van der Waals surface area contributed by atoms with Crippen LogP contribution in [0, 0.1) is 0 Å². The van der Waals surface area contributed by atoms with Crippen molar-refractivity contribution in [3.63, 3.8) is 0 Å².